The molecule has 0 radical (unpaired) electrons. The van der Waals surface area contributed by atoms with Crippen molar-refractivity contribution in [1.82, 2.24) is 4.57 Å². The average molecular weight is 411 g/mol. The molecule has 0 fully saturated rings. The van der Waals surface area contributed by atoms with Crippen LogP contribution < -0.4 is 14.8 Å². The van der Waals surface area contributed by atoms with E-state index >= 15 is 0 Å². The fourth-order valence-corrected chi connectivity index (χ4v) is 4.10. The van der Waals surface area contributed by atoms with E-state index in [-0.39, 0.29) is 5.30 Å². The molecule has 0 saturated heterocycles. The summed E-state index contributed by atoms with van der Waals surface area (Å²) in [6.45, 7) is 5.01. The van der Waals surface area contributed by atoms with Crippen LogP contribution in [0.2, 0.25) is 0 Å². The van der Waals surface area contributed by atoms with Crippen LogP contribution in [0.15, 0.2) is 60.7 Å². The summed E-state index contributed by atoms with van der Waals surface area (Å²) in [5, 5.41) is 2.11. The highest BCUT2D eigenvalue weighted by Gasteiger charge is 2.18. The summed E-state index contributed by atoms with van der Waals surface area (Å²) in [4.78, 5) is 18.8. The number of ether oxygens (including phenoxy) is 2. The van der Waals surface area contributed by atoms with E-state index in [1.807, 2.05) is 50.2 Å². The van der Waals surface area contributed by atoms with Gasteiger partial charge in [-0.2, -0.15) is 0 Å². The third kappa shape index (κ3) is 3.62. The SMILES string of the molecule is CCOc1ccc2c3ccc(OCC)cc3n(-c3ccc(P(=O)(O)O)cc3)c2c1. The number of benzene rings is 3. The first kappa shape index (κ1) is 19.5. The summed E-state index contributed by atoms with van der Waals surface area (Å²) >= 11 is 0. The Kier molecular flexibility index (Phi) is 5.09. The van der Waals surface area contributed by atoms with E-state index in [1.165, 1.54) is 12.1 Å². The molecule has 0 aliphatic rings. The van der Waals surface area contributed by atoms with Crippen LogP contribution in [-0.4, -0.2) is 27.6 Å². The number of hydrogen-bond donors (Lipinski definition) is 2. The molecule has 7 heteroatoms. The summed E-state index contributed by atoms with van der Waals surface area (Å²) in [5.41, 5.74) is 2.69. The molecule has 0 unspecified atom stereocenters. The second-order valence-electron chi connectivity index (χ2n) is 6.62. The number of fused-ring (bicyclic) bond motifs is 3. The lowest BCUT2D eigenvalue weighted by Gasteiger charge is -2.11. The standard InChI is InChI=1S/C22H22NO5P/c1-3-27-16-7-11-19-20-12-8-17(28-4-2)14-22(20)23(21(19)13-16)15-5-9-18(10-6-15)29(24,25)26/h5-14H,3-4H2,1-2H3,(H2,24,25,26). The van der Waals surface area contributed by atoms with Gasteiger partial charge in [-0.25, -0.2) is 0 Å². The van der Waals surface area contributed by atoms with E-state index in [0.29, 0.717) is 13.2 Å². The molecular formula is C22H22NO5P. The third-order valence-corrected chi connectivity index (χ3v) is 5.75. The van der Waals surface area contributed by atoms with Crippen molar-refractivity contribution in [3.8, 4) is 17.2 Å². The predicted molar refractivity (Wildman–Crippen MR) is 115 cm³/mol. The van der Waals surface area contributed by atoms with Gasteiger partial charge in [-0.1, -0.05) is 0 Å². The van der Waals surface area contributed by atoms with Crippen molar-refractivity contribution in [3.63, 3.8) is 0 Å². The molecule has 4 rings (SSSR count). The Morgan fingerprint density at radius 3 is 1.69 bits per heavy atom. The van der Waals surface area contributed by atoms with Crippen molar-refractivity contribution in [1.29, 1.82) is 0 Å². The normalized spacial score (nSPS) is 11.9. The summed E-state index contributed by atoms with van der Waals surface area (Å²) in [5.74, 6) is 1.53. The summed E-state index contributed by atoms with van der Waals surface area (Å²) in [7, 11) is -4.29. The molecule has 1 aromatic heterocycles. The molecule has 6 nitrogen and oxygen atoms in total. The zero-order valence-corrected chi connectivity index (χ0v) is 17.1. The summed E-state index contributed by atoms with van der Waals surface area (Å²) < 4.78 is 25.0. The second kappa shape index (κ2) is 7.56. The Balaban J connectivity index is 2.00. The zero-order chi connectivity index (χ0) is 20.6. The first-order chi connectivity index (χ1) is 13.9. The minimum Gasteiger partial charge on any atom is -0.494 e. The predicted octanol–water partition coefficient (Wildman–Crippen LogP) is 4.38. The molecule has 0 aliphatic carbocycles. The summed E-state index contributed by atoms with van der Waals surface area (Å²) in [6.07, 6.45) is 0. The van der Waals surface area contributed by atoms with Crippen LogP contribution in [0.3, 0.4) is 0 Å². The largest absolute Gasteiger partial charge is 0.494 e. The van der Waals surface area contributed by atoms with E-state index < -0.39 is 7.60 Å². The molecular weight excluding hydrogens is 389 g/mol. The van der Waals surface area contributed by atoms with Gasteiger partial charge in [-0.3, -0.25) is 4.57 Å². The van der Waals surface area contributed by atoms with Crippen LogP contribution in [0.5, 0.6) is 11.5 Å². The van der Waals surface area contributed by atoms with Crippen molar-refractivity contribution in [3.05, 3.63) is 60.7 Å². The molecule has 2 N–H and O–H groups in total. The lowest BCUT2D eigenvalue weighted by Crippen LogP contribution is -2.04. The molecule has 3 aromatic carbocycles. The Morgan fingerprint density at radius 1 is 0.793 bits per heavy atom. The van der Waals surface area contributed by atoms with E-state index in [0.717, 1.165) is 39.0 Å². The van der Waals surface area contributed by atoms with Gasteiger partial charge in [-0.05, 0) is 62.4 Å². The fourth-order valence-electron chi connectivity index (χ4n) is 3.57. The molecule has 0 aliphatic heterocycles. The van der Waals surface area contributed by atoms with Gasteiger partial charge < -0.3 is 23.8 Å². The Hall–Kier alpha value is -2.79. The van der Waals surface area contributed by atoms with Crippen LogP contribution in [0.4, 0.5) is 0 Å². The van der Waals surface area contributed by atoms with Gasteiger partial charge in [0.25, 0.3) is 0 Å². The minimum atomic E-state index is -4.29. The van der Waals surface area contributed by atoms with Crippen LogP contribution in [0, 0.1) is 0 Å². The Labute approximate surface area is 168 Å². The van der Waals surface area contributed by atoms with Gasteiger partial charge in [0.15, 0.2) is 0 Å². The number of nitrogens with zero attached hydrogens (tertiary/aromatic N) is 1. The smallest absolute Gasteiger partial charge is 0.356 e. The average Bonchev–Trinajstić information content (AvgIpc) is 3.01. The highest BCUT2D eigenvalue weighted by atomic mass is 31.2. The first-order valence-corrected chi connectivity index (χ1v) is 11.0. The number of aromatic nitrogens is 1. The molecule has 0 saturated carbocycles. The van der Waals surface area contributed by atoms with Gasteiger partial charge in [-0.15, -0.1) is 0 Å². The first-order valence-electron chi connectivity index (χ1n) is 9.42. The van der Waals surface area contributed by atoms with Crippen molar-refractivity contribution in [2.75, 3.05) is 13.2 Å². The monoisotopic (exact) mass is 411 g/mol. The van der Waals surface area contributed by atoms with Gasteiger partial charge in [0, 0.05) is 28.6 Å². The van der Waals surface area contributed by atoms with Crippen molar-refractivity contribution < 1.29 is 23.8 Å². The molecule has 0 amide bonds. The molecule has 29 heavy (non-hydrogen) atoms. The lowest BCUT2D eigenvalue weighted by molar-refractivity contribution is 0.340. The molecule has 4 aromatic rings. The topological polar surface area (TPSA) is 80.9 Å². The van der Waals surface area contributed by atoms with Crippen LogP contribution >= 0.6 is 7.60 Å². The minimum absolute atomic E-state index is 0.00738. The molecule has 0 spiro atoms. The highest BCUT2D eigenvalue weighted by molar-refractivity contribution is 7.60. The molecule has 0 bridgehead atoms. The van der Waals surface area contributed by atoms with Crippen molar-refractivity contribution >= 4 is 34.7 Å². The number of rotatable bonds is 6. The van der Waals surface area contributed by atoms with E-state index in [4.69, 9.17) is 9.47 Å². The highest BCUT2D eigenvalue weighted by Crippen LogP contribution is 2.37. The van der Waals surface area contributed by atoms with E-state index in [2.05, 4.69) is 4.57 Å². The van der Waals surface area contributed by atoms with Gasteiger partial charge in [0.2, 0.25) is 0 Å². The van der Waals surface area contributed by atoms with Gasteiger partial charge >= 0.3 is 7.60 Å². The van der Waals surface area contributed by atoms with Crippen LogP contribution in [0.1, 0.15) is 13.8 Å². The van der Waals surface area contributed by atoms with Gasteiger partial charge in [0.05, 0.1) is 29.6 Å². The van der Waals surface area contributed by atoms with E-state index in [1.54, 1.807) is 12.1 Å². The molecule has 150 valence electrons. The maximum absolute atomic E-state index is 11.5. The maximum atomic E-state index is 11.5. The van der Waals surface area contributed by atoms with Crippen molar-refractivity contribution in [2.45, 2.75) is 13.8 Å². The molecule has 1 heterocycles. The second-order valence-corrected chi connectivity index (χ2v) is 8.22. The zero-order valence-electron chi connectivity index (χ0n) is 16.2. The Bertz CT molecular complexity index is 1160. The third-order valence-electron chi connectivity index (χ3n) is 4.78. The van der Waals surface area contributed by atoms with Crippen LogP contribution in [0.25, 0.3) is 27.5 Å². The fraction of sp³-hybridized carbons (Fsp3) is 0.182. The van der Waals surface area contributed by atoms with Crippen molar-refractivity contribution in [2.24, 2.45) is 0 Å². The summed E-state index contributed by atoms with van der Waals surface area (Å²) in [6, 6.07) is 18.3. The van der Waals surface area contributed by atoms with E-state index in [9.17, 15) is 14.4 Å². The Morgan fingerprint density at radius 2 is 1.28 bits per heavy atom. The maximum Gasteiger partial charge on any atom is 0.356 e. The van der Waals surface area contributed by atoms with Gasteiger partial charge in [0.1, 0.15) is 11.5 Å². The number of hydrogen-bond acceptors (Lipinski definition) is 3. The van der Waals surface area contributed by atoms with Crippen LogP contribution in [-0.2, 0) is 4.57 Å². The quantitative estimate of drug-likeness (QED) is 0.460. The molecule has 0 atom stereocenters. The lowest BCUT2D eigenvalue weighted by atomic mass is 10.1.